The van der Waals surface area contributed by atoms with Crippen LogP contribution in [-0.2, 0) is 0 Å². The Kier molecular flexibility index (Phi) is 3.66. The summed E-state index contributed by atoms with van der Waals surface area (Å²) in [5, 5.41) is 0.430. The second kappa shape index (κ2) is 6.07. The number of aromatic nitrogens is 4. The van der Waals surface area contributed by atoms with E-state index in [1.54, 1.807) is 6.07 Å². The van der Waals surface area contributed by atoms with Crippen molar-refractivity contribution in [1.82, 2.24) is 24.8 Å². The second-order valence-corrected chi connectivity index (χ2v) is 7.89. The van der Waals surface area contributed by atoms with E-state index in [-0.39, 0.29) is 5.56 Å². The first-order valence-corrected chi connectivity index (χ1v) is 9.61. The Bertz CT molecular complexity index is 1200. The van der Waals surface area contributed by atoms with Gasteiger partial charge in [-0.2, -0.15) is 0 Å². The van der Waals surface area contributed by atoms with Gasteiger partial charge in [-0.25, -0.2) is 9.97 Å². The zero-order valence-electron chi connectivity index (χ0n) is 14.8. The molecule has 4 N–H and O–H groups in total. The summed E-state index contributed by atoms with van der Waals surface area (Å²) in [6.45, 7) is 4.12. The maximum atomic E-state index is 12.5. The Morgan fingerprint density at radius 3 is 2.70 bits per heavy atom. The fourth-order valence-corrected chi connectivity index (χ4v) is 4.18. The average Bonchev–Trinajstić information content (AvgIpc) is 3.22. The van der Waals surface area contributed by atoms with Crippen LogP contribution < -0.4 is 16.2 Å². The molecule has 0 spiro atoms. The van der Waals surface area contributed by atoms with Crippen molar-refractivity contribution in [3.05, 3.63) is 34.6 Å². The van der Waals surface area contributed by atoms with Gasteiger partial charge in [0.15, 0.2) is 5.13 Å². The van der Waals surface area contributed by atoms with Gasteiger partial charge in [0.1, 0.15) is 16.2 Å². The highest BCUT2D eigenvalue weighted by Gasteiger charge is 2.16. The third-order valence-corrected chi connectivity index (χ3v) is 5.83. The molecule has 1 fully saturated rings. The highest BCUT2D eigenvalue weighted by molar-refractivity contribution is 7.21. The molecule has 4 aromatic rings. The quantitative estimate of drug-likeness (QED) is 0.489. The van der Waals surface area contributed by atoms with Crippen molar-refractivity contribution in [2.24, 2.45) is 0 Å². The average molecular weight is 381 g/mol. The van der Waals surface area contributed by atoms with Crippen LogP contribution >= 0.6 is 11.3 Å². The van der Waals surface area contributed by atoms with Crippen LogP contribution in [0, 0.1) is 0 Å². The molecular weight excluding hydrogens is 362 g/mol. The zero-order valence-corrected chi connectivity index (χ0v) is 15.6. The van der Waals surface area contributed by atoms with Gasteiger partial charge in [-0.1, -0.05) is 11.3 Å². The number of imidazole rings is 1. The van der Waals surface area contributed by atoms with E-state index < -0.39 is 0 Å². The number of likely N-dealkylation sites (N-methyl/N-ethyl adjacent to an activating group) is 1. The highest BCUT2D eigenvalue weighted by atomic mass is 32.1. The minimum atomic E-state index is -0.204. The Hall–Kier alpha value is -2.91. The number of rotatable bonds is 2. The monoisotopic (exact) mass is 381 g/mol. The summed E-state index contributed by atoms with van der Waals surface area (Å²) in [5.74, 6) is 0.537. The molecule has 0 radical (unpaired) electrons. The van der Waals surface area contributed by atoms with Crippen LogP contribution in [0.25, 0.3) is 32.8 Å². The summed E-state index contributed by atoms with van der Waals surface area (Å²) >= 11 is 1.26. The number of H-pyrrole nitrogens is 2. The lowest BCUT2D eigenvalue weighted by molar-refractivity contribution is 0.313. The van der Waals surface area contributed by atoms with E-state index in [9.17, 15) is 4.79 Å². The van der Waals surface area contributed by atoms with Gasteiger partial charge in [0.25, 0.3) is 5.56 Å². The lowest BCUT2D eigenvalue weighted by Gasteiger charge is -2.34. The van der Waals surface area contributed by atoms with Crippen LogP contribution in [0.3, 0.4) is 0 Å². The van der Waals surface area contributed by atoms with E-state index in [1.165, 1.54) is 17.0 Å². The first kappa shape index (κ1) is 16.3. The molecule has 9 heteroatoms. The van der Waals surface area contributed by atoms with E-state index in [4.69, 9.17) is 5.73 Å². The van der Waals surface area contributed by atoms with Gasteiger partial charge in [-0.3, -0.25) is 4.79 Å². The van der Waals surface area contributed by atoms with Crippen LogP contribution in [-0.4, -0.2) is 58.1 Å². The molecule has 1 aromatic carbocycles. The number of pyridine rings is 1. The van der Waals surface area contributed by atoms with Crippen LogP contribution in [0.1, 0.15) is 0 Å². The third-order valence-electron chi connectivity index (χ3n) is 5.01. The molecule has 0 atom stereocenters. The molecule has 5 rings (SSSR count). The van der Waals surface area contributed by atoms with Crippen molar-refractivity contribution in [2.45, 2.75) is 0 Å². The summed E-state index contributed by atoms with van der Waals surface area (Å²) < 4.78 is 0. The Morgan fingerprint density at radius 1 is 1.07 bits per heavy atom. The minimum Gasteiger partial charge on any atom is -0.375 e. The largest absolute Gasteiger partial charge is 0.375 e. The molecule has 0 saturated carbocycles. The van der Waals surface area contributed by atoms with Crippen molar-refractivity contribution in [3.63, 3.8) is 0 Å². The zero-order chi connectivity index (χ0) is 18.5. The molecule has 1 aliphatic rings. The molecule has 138 valence electrons. The molecule has 1 saturated heterocycles. The molecule has 0 bridgehead atoms. The number of nitrogens with one attached hydrogen (secondary N) is 2. The highest BCUT2D eigenvalue weighted by Crippen LogP contribution is 2.26. The number of nitrogens with two attached hydrogens (primary N) is 1. The molecular formula is C18H19N7OS. The number of hydrogen-bond donors (Lipinski definition) is 3. The Labute approximate surface area is 158 Å². The summed E-state index contributed by atoms with van der Waals surface area (Å²) in [6, 6.07) is 7.92. The van der Waals surface area contributed by atoms with Gasteiger partial charge in [-0.15, -0.1) is 0 Å². The molecule has 0 amide bonds. The van der Waals surface area contributed by atoms with Crippen molar-refractivity contribution in [3.8, 4) is 11.4 Å². The van der Waals surface area contributed by atoms with Gasteiger partial charge in [0, 0.05) is 31.9 Å². The second-order valence-electron chi connectivity index (χ2n) is 6.86. The van der Waals surface area contributed by atoms with Gasteiger partial charge >= 0.3 is 0 Å². The summed E-state index contributed by atoms with van der Waals surface area (Å²) in [6.07, 6.45) is 0. The first-order chi connectivity index (χ1) is 13.1. The molecule has 8 nitrogen and oxygen atoms in total. The first-order valence-electron chi connectivity index (χ1n) is 8.80. The fraction of sp³-hybridized carbons (Fsp3) is 0.278. The number of fused-ring (bicyclic) bond motifs is 2. The number of nitrogen functional groups attached to an aromatic ring is 1. The number of hydrogen-bond acceptors (Lipinski definition) is 7. The predicted molar refractivity (Wildman–Crippen MR) is 109 cm³/mol. The number of piperazine rings is 1. The number of thiazole rings is 1. The van der Waals surface area contributed by atoms with Crippen molar-refractivity contribution < 1.29 is 0 Å². The number of anilines is 2. The molecule has 4 heterocycles. The topological polar surface area (TPSA) is 107 Å². The number of aromatic amines is 2. The van der Waals surface area contributed by atoms with Gasteiger partial charge < -0.3 is 25.5 Å². The van der Waals surface area contributed by atoms with E-state index in [0.29, 0.717) is 26.9 Å². The van der Waals surface area contributed by atoms with Crippen molar-refractivity contribution in [2.75, 3.05) is 43.9 Å². The minimum absolute atomic E-state index is 0.204. The van der Waals surface area contributed by atoms with Crippen molar-refractivity contribution in [1.29, 1.82) is 0 Å². The molecule has 0 aliphatic carbocycles. The lowest BCUT2D eigenvalue weighted by atomic mass is 10.2. The van der Waals surface area contributed by atoms with Crippen LogP contribution in [0.5, 0.6) is 0 Å². The van der Waals surface area contributed by atoms with E-state index in [0.717, 1.165) is 37.2 Å². The lowest BCUT2D eigenvalue weighted by Crippen LogP contribution is -2.44. The summed E-state index contributed by atoms with van der Waals surface area (Å²) in [5.41, 5.74) is 9.59. The third kappa shape index (κ3) is 2.84. The maximum absolute atomic E-state index is 12.5. The van der Waals surface area contributed by atoms with E-state index in [2.05, 4.69) is 48.9 Å². The smallest absolute Gasteiger partial charge is 0.260 e. The van der Waals surface area contributed by atoms with E-state index >= 15 is 0 Å². The van der Waals surface area contributed by atoms with Gasteiger partial charge in [0.2, 0.25) is 0 Å². The summed E-state index contributed by atoms with van der Waals surface area (Å²) in [4.78, 5) is 32.8. The molecule has 27 heavy (non-hydrogen) atoms. The van der Waals surface area contributed by atoms with Crippen LogP contribution in [0.2, 0.25) is 0 Å². The maximum Gasteiger partial charge on any atom is 0.260 e. The Morgan fingerprint density at radius 2 is 1.89 bits per heavy atom. The standard InChI is InChI=1S/C18H19N7OS/c1-24-4-6-25(7-5-24)10-2-3-12-13(8-10)21-15(20-12)11-9-14-17(23-16(11)26)27-18(19)22-14/h2-3,8-9H,4-7H2,1H3,(H2,19,22)(H,20,21)(H,23,26). The van der Waals surface area contributed by atoms with Gasteiger partial charge in [0.05, 0.1) is 16.6 Å². The summed E-state index contributed by atoms with van der Waals surface area (Å²) in [7, 11) is 2.14. The normalized spacial score (nSPS) is 15.8. The molecule has 0 unspecified atom stereocenters. The van der Waals surface area contributed by atoms with Crippen LogP contribution in [0.15, 0.2) is 29.1 Å². The van der Waals surface area contributed by atoms with E-state index in [1.807, 2.05) is 6.07 Å². The number of benzene rings is 1. The molecule has 1 aliphatic heterocycles. The Balaban J connectivity index is 1.55. The van der Waals surface area contributed by atoms with Crippen molar-refractivity contribution >= 4 is 43.5 Å². The molecule has 3 aromatic heterocycles. The predicted octanol–water partition coefficient (Wildman–Crippen LogP) is 1.86. The van der Waals surface area contributed by atoms with Gasteiger partial charge in [-0.05, 0) is 31.3 Å². The van der Waals surface area contributed by atoms with Crippen LogP contribution in [0.4, 0.5) is 10.8 Å². The fourth-order valence-electron chi connectivity index (χ4n) is 3.47. The SMILES string of the molecule is CN1CCN(c2ccc3nc(-c4cc5nc(N)sc5[nH]c4=O)[nH]c3c2)CC1. The number of nitrogens with zero attached hydrogens (tertiary/aromatic N) is 4.